The van der Waals surface area contributed by atoms with Gasteiger partial charge in [0.15, 0.2) is 0 Å². The molecule has 5 nitrogen and oxygen atoms in total. The minimum Gasteiger partial charge on any atom is -0.392 e. The molecule has 4 N–H and O–H groups in total. The number of hydrogen-bond acceptors (Lipinski definition) is 2. The van der Waals surface area contributed by atoms with E-state index in [2.05, 4.69) is 15.6 Å². The van der Waals surface area contributed by atoms with Crippen molar-refractivity contribution in [3.63, 3.8) is 0 Å². The van der Waals surface area contributed by atoms with E-state index in [0.717, 1.165) is 16.6 Å². The van der Waals surface area contributed by atoms with Crippen molar-refractivity contribution in [3.05, 3.63) is 36.0 Å². The normalized spacial score (nSPS) is 13.3. The van der Waals surface area contributed by atoms with Crippen molar-refractivity contribution >= 4 is 16.9 Å². The zero-order valence-electron chi connectivity index (χ0n) is 14.3. The van der Waals surface area contributed by atoms with Crippen molar-refractivity contribution < 1.29 is 9.90 Å². The van der Waals surface area contributed by atoms with Gasteiger partial charge in [-0.05, 0) is 23.4 Å². The Kier molecular flexibility index (Phi) is 5.31. The van der Waals surface area contributed by atoms with E-state index in [1.54, 1.807) is 0 Å². The number of amides is 2. The van der Waals surface area contributed by atoms with E-state index >= 15 is 0 Å². The number of aliphatic hydroxyl groups is 1. The van der Waals surface area contributed by atoms with Crippen LogP contribution in [0.5, 0.6) is 0 Å². The van der Waals surface area contributed by atoms with Crippen LogP contribution in [0.4, 0.5) is 4.79 Å². The first-order valence-corrected chi connectivity index (χ1v) is 8.06. The summed E-state index contributed by atoms with van der Waals surface area (Å²) in [6.07, 6.45) is -0.462. The molecule has 0 bridgehead atoms. The van der Waals surface area contributed by atoms with Crippen LogP contribution in [0.15, 0.2) is 30.3 Å². The molecule has 0 aliphatic rings. The Morgan fingerprint density at radius 3 is 2.61 bits per heavy atom. The second-order valence-corrected chi connectivity index (χ2v) is 7.10. The molecule has 1 atom stereocenters. The maximum atomic E-state index is 12.0. The van der Waals surface area contributed by atoms with Crippen LogP contribution in [0, 0.1) is 11.3 Å². The molecular formula is C18H27N3O2. The fourth-order valence-electron chi connectivity index (χ4n) is 2.78. The molecule has 0 saturated carbocycles. The van der Waals surface area contributed by atoms with Crippen LogP contribution in [0.25, 0.3) is 10.9 Å². The second-order valence-electron chi connectivity index (χ2n) is 7.10. The first-order valence-electron chi connectivity index (χ1n) is 8.06. The minimum absolute atomic E-state index is 0.154. The second kappa shape index (κ2) is 7.04. The number of hydrogen-bond donors (Lipinski definition) is 4. The topological polar surface area (TPSA) is 77.2 Å². The molecule has 1 aromatic carbocycles. The average molecular weight is 317 g/mol. The van der Waals surface area contributed by atoms with Crippen molar-refractivity contribution in [2.45, 2.75) is 40.3 Å². The van der Waals surface area contributed by atoms with E-state index in [4.69, 9.17) is 0 Å². The van der Waals surface area contributed by atoms with Crippen molar-refractivity contribution in [3.8, 4) is 0 Å². The molecule has 23 heavy (non-hydrogen) atoms. The number of aromatic amines is 1. The highest BCUT2D eigenvalue weighted by molar-refractivity contribution is 5.80. The van der Waals surface area contributed by atoms with E-state index in [1.165, 1.54) is 0 Å². The number of carbonyl (C=O) groups is 1. The van der Waals surface area contributed by atoms with Crippen LogP contribution in [0.1, 0.15) is 33.4 Å². The van der Waals surface area contributed by atoms with E-state index in [1.807, 2.05) is 58.0 Å². The summed E-state index contributed by atoms with van der Waals surface area (Å²) in [6, 6.07) is 9.81. The standard InChI is InChI=1S/C18H27N3O2/c1-12(2)16(22)18(3,4)11-20-17(23)19-10-14-9-13-7-5-6-8-15(13)21-14/h5-9,12,16,21-22H,10-11H2,1-4H3,(H2,19,20,23). The van der Waals surface area contributed by atoms with Gasteiger partial charge in [-0.1, -0.05) is 45.9 Å². The van der Waals surface area contributed by atoms with E-state index in [-0.39, 0.29) is 17.4 Å². The van der Waals surface area contributed by atoms with Gasteiger partial charge in [0, 0.05) is 23.2 Å². The third-order valence-corrected chi connectivity index (χ3v) is 4.16. The molecule has 0 fully saturated rings. The van der Waals surface area contributed by atoms with E-state index in [0.29, 0.717) is 13.1 Å². The number of fused-ring (bicyclic) bond motifs is 1. The summed E-state index contributed by atoms with van der Waals surface area (Å²) >= 11 is 0. The number of benzene rings is 1. The lowest BCUT2D eigenvalue weighted by molar-refractivity contribution is 0.0151. The van der Waals surface area contributed by atoms with Crippen LogP contribution in [0.2, 0.25) is 0 Å². The summed E-state index contributed by atoms with van der Waals surface area (Å²) in [5.41, 5.74) is 1.65. The fraction of sp³-hybridized carbons (Fsp3) is 0.500. The number of rotatable bonds is 6. The Morgan fingerprint density at radius 1 is 1.26 bits per heavy atom. The summed E-state index contributed by atoms with van der Waals surface area (Å²) in [6.45, 7) is 8.72. The van der Waals surface area contributed by atoms with Crippen LogP contribution in [0.3, 0.4) is 0 Å². The molecule has 5 heteroatoms. The van der Waals surface area contributed by atoms with Gasteiger partial charge < -0.3 is 20.7 Å². The SMILES string of the molecule is CC(C)C(O)C(C)(C)CNC(=O)NCc1cc2ccccc2[nH]1. The van der Waals surface area contributed by atoms with Gasteiger partial charge in [-0.3, -0.25) is 0 Å². The summed E-state index contributed by atoms with van der Waals surface area (Å²) in [4.78, 5) is 15.2. The maximum absolute atomic E-state index is 12.0. The molecule has 126 valence electrons. The van der Waals surface area contributed by atoms with E-state index in [9.17, 15) is 9.90 Å². The quantitative estimate of drug-likeness (QED) is 0.661. The molecule has 0 radical (unpaired) electrons. The number of para-hydroxylation sites is 1. The Labute approximate surface area is 137 Å². The Balaban J connectivity index is 1.83. The predicted molar refractivity (Wildman–Crippen MR) is 93.2 cm³/mol. The number of carbonyl (C=O) groups excluding carboxylic acids is 1. The lowest BCUT2D eigenvalue weighted by atomic mass is 9.81. The van der Waals surface area contributed by atoms with Gasteiger partial charge in [-0.15, -0.1) is 0 Å². The Morgan fingerprint density at radius 2 is 1.96 bits per heavy atom. The van der Waals surface area contributed by atoms with Gasteiger partial charge in [-0.2, -0.15) is 0 Å². The van der Waals surface area contributed by atoms with Gasteiger partial charge in [0.05, 0.1) is 12.6 Å². The molecule has 2 rings (SSSR count). The molecule has 0 aliphatic heterocycles. The summed E-state index contributed by atoms with van der Waals surface area (Å²) in [5.74, 6) is 0.154. The Bertz CT molecular complexity index is 628. The lowest BCUT2D eigenvalue weighted by Crippen LogP contribution is -2.46. The van der Waals surface area contributed by atoms with Crippen molar-refractivity contribution in [2.24, 2.45) is 11.3 Å². The number of urea groups is 1. The van der Waals surface area contributed by atoms with Crippen LogP contribution in [-0.2, 0) is 6.54 Å². The number of H-pyrrole nitrogens is 1. The summed E-state index contributed by atoms with van der Waals surface area (Å²) in [5, 5.41) is 17.0. The van der Waals surface area contributed by atoms with E-state index < -0.39 is 6.10 Å². The highest BCUT2D eigenvalue weighted by Crippen LogP contribution is 2.25. The molecule has 1 heterocycles. The fourth-order valence-corrected chi connectivity index (χ4v) is 2.78. The van der Waals surface area contributed by atoms with Gasteiger partial charge >= 0.3 is 6.03 Å². The summed E-state index contributed by atoms with van der Waals surface area (Å²) in [7, 11) is 0. The largest absolute Gasteiger partial charge is 0.392 e. The lowest BCUT2D eigenvalue weighted by Gasteiger charge is -2.33. The van der Waals surface area contributed by atoms with Gasteiger partial charge in [0.2, 0.25) is 0 Å². The van der Waals surface area contributed by atoms with Gasteiger partial charge in [0.25, 0.3) is 0 Å². The molecule has 1 unspecified atom stereocenters. The van der Waals surface area contributed by atoms with Crippen LogP contribution >= 0.6 is 0 Å². The molecule has 1 aromatic heterocycles. The minimum atomic E-state index is -0.462. The Hall–Kier alpha value is -2.01. The highest BCUT2D eigenvalue weighted by atomic mass is 16.3. The average Bonchev–Trinajstić information content (AvgIpc) is 2.93. The van der Waals surface area contributed by atoms with Crippen molar-refractivity contribution in [1.29, 1.82) is 0 Å². The van der Waals surface area contributed by atoms with Crippen LogP contribution in [-0.4, -0.2) is 28.8 Å². The molecule has 0 saturated heterocycles. The molecule has 2 amide bonds. The third kappa shape index (κ3) is 4.48. The number of nitrogens with one attached hydrogen (secondary N) is 3. The number of aliphatic hydroxyl groups excluding tert-OH is 1. The smallest absolute Gasteiger partial charge is 0.315 e. The molecule has 2 aromatic rings. The molecule has 0 aliphatic carbocycles. The maximum Gasteiger partial charge on any atom is 0.315 e. The first-order chi connectivity index (χ1) is 10.8. The highest BCUT2D eigenvalue weighted by Gasteiger charge is 2.30. The van der Waals surface area contributed by atoms with Gasteiger partial charge in [0.1, 0.15) is 0 Å². The third-order valence-electron chi connectivity index (χ3n) is 4.16. The van der Waals surface area contributed by atoms with Crippen LogP contribution < -0.4 is 10.6 Å². The summed E-state index contributed by atoms with van der Waals surface area (Å²) < 4.78 is 0. The number of aromatic nitrogens is 1. The predicted octanol–water partition coefficient (Wildman–Crippen LogP) is 3.01. The zero-order valence-corrected chi connectivity index (χ0v) is 14.3. The van der Waals surface area contributed by atoms with Crippen molar-refractivity contribution in [1.82, 2.24) is 15.6 Å². The van der Waals surface area contributed by atoms with Gasteiger partial charge in [-0.25, -0.2) is 4.79 Å². The first kappa shape index (κ1) is 17.3. The van der Waals surface area contributed by atoms with Crippen molar-refractivity contribution in [2.75, 3.05) is 6.54 Å². The zero-order chi connectivity index (χ0) is 17.0. The molecule has 0 spiro atoms. The molecular weight excluding hydrogens is 290 g/mol. The monoisotopic (exact) mass is 317 g/mol.